The first kappa shape index (κ1) is 13.5. The third-order valence-corrected chi connectivity index (χ3v) is 4.67. The van der Waals surface area contributed by atoms with Crippen molar-refractivity contribution in [3.05, 3.63) is 56.7 Å². The van der Waals surface area contributed by atoms with Gasteiger partial charge in [0.2, 0.25) is 4.80 Å². The molecule has 3 aromatic rings. The Bertz CT molecular complexity index is 833. The van der Waals surface area contributed by atoms with Crippen LogP contribution in [0.15, 0.2) is 46.9 Å². The standard InChI is InChI=1S/C12H9N5O2S2/c13-14-12-16(8-3-5-9(6-4-8)17(18)19)15-11(21-12)10-2-1-7-20-10/h1-7H,13H2/b14-12-. The number of thiophene rings is 1. The summed E-state index contributed by atoms with van der Waals surface area (Å²) in [5.74, 6) is 5.40. The Morgan fingerprint density at radius 3 is 2.62 bits per heavy atom. The van der Waals surface area contributed by atoms with Gasteiger partial charge in [0.05, 0.1) is 15.5 Å². The number of hydrogen-bond donors (Lipinski definition) is 1. The predicted octanol–water partition coefficient (Wildman–Crippen LogP) is 2.34. The van der Waals surface area contributed by atoms with Gasteiger partial charge >= 0.3 is 0 Å². The summed E-state index contributed by atoms with van der Waals surface area (Å²) in [4.78, 5) is 11.8. The molecule has 2 heterocycles. The number of non-ortho nitro benzene ring substituents is 1. The Balaban J connectivity index is 2.08. The number of hydrogen-bond acceptors (Lipinski definition) is 7. The highest BCUT2D eigenvalue weighted by molar-refractivity contribution is 7.19. The Kier molecular flexibility index (Phi) is 3.50. The van der Waals surface area contributed by atoms with E-state index in [2.05, 4.69) is 10.2 Å². The molecule has 0 saturated carbocycles. The van der Waals surface area contributed by atoms with Gasteiger partial charge in [-0.25, -0.2) is 4.68 Å². The Morgan fingerprint density at radius 1 is 1.29 bits per heavy atom. The molecule has 0 spiro atoms. The lowest BCUT2D eigenvalue weighted by molar-refractivity contribution is -0.384. The molecule has 0 atom stereocenters. The molecule has 0 aliphatic rings. The second-order valence-corrected chi connectivity index (χ2v) is 5.89. The maximum absolute atomic E-state index is 10.7. The van der Waals surface area contributed by atoms with E-state index in [1.807, 2.05) is 17.5 Å². The van der Waals surface area contributed by atoms with E-state index in [-0.39, 0.29) is 5.69 Å². The number of rotatable bonds is 3. The Labute approximate surface area is 126 Å². The van der Waals surface area contributed by atoms with Crippen molar-refractivity contribution in [2.75, 3.05) is 0 Å². The summed E-state index contributed by atoms with van der Waals surface area (Å²) >= 11 is 2.93. The normalized spacial score (nSPS) is 11.7. The average molecular weight is 319 g/mol. The summed E-state index contributed by atoms with van der Waals surface area (Å²) < 4.78 is 1.57. The number of nitrogens with zero attached hydrogens (tertiary/aromatic N) is 4. The van der Waals surface area contributed by atoms with Crippen LogP contribution in [0.1, 0.15) is 0 Å². The van der Waals surface area contributed by atoms with Crippen LogP contribution >= 0.6 is 22.7 Å². The zero-order valence-corrected chi connectivity index (χ0v) is 12.2. The molecule has 0 unspecified atom stereocenters. The molecule has 0 bridgehead atoms. The van der Waals surface area contributed by atoms with Crippen molar-refractivity contribution in [1.29, 1.82) is 0 Å². The summed E-state index contributed by atoms with van der Waals surface area (Å²) in [6, 6.07) is 9.98. The van der Waals surface area contributed by atoms with Crippen LogP contribution in [0.5, 0.6) is 0 Å². The lowest BCUT2D eigenvalue weighted by atomic mass is 10.3. The highest BCUT2D eigenvalue weighted by atomic mass is 32.1. The summed E-state index contributed by atoms with van der Waals surface area (Å²) in [5, 5.41) is 21.6. The van der Waals surface area contributed by atoms with E-state index in [1.165, 1.54) is 23.5 Å². The SMILES string of the molecule is N/N=c1\sc(-c2cccs2)nn1-c1ccc([N+](=O)[O-])cc1. The second kappa shape index (κ2) is 5.46. The lowest BCUT2D eigenvalue weighted by Crippen LogP contribution is -2.16. The molecule has 0 saturated heterocycles. The van der Waals surface area contributed by atoms with Crippen molar-refractivity contribution in [3.8, 4) is 15.6 Å². The molecule has 2 aromatic heterocycles. The van der Waals surface area contributed by atoms with Crippen LogP contribution in [-0.4, -0.2) is 14.7 Å². The van der Waals surface area contributed by atoms with Crippen molar-refractivity contribution in [2.24, 2.45) is 10.9 Å². The number of benzene rings is 1. The molecule has 0 fully saturated rings. The summed E-state index contributed by atoms with van der Waals surface area (Å²) in [5.41, 5.74) is 0.697. The molecule has 7 nitrogen and oxygen atoms in total. The zero-order chi connectivity index (χ0) is 14.8. The van der Waals surface area contributed by atoms with Gasteiger partial charge in [0, 0.05) is 12.1 Å². The minimum absolute atomic E-state index is 0.0271. The van der Waals surface area contributed by atoms with Crippen LogP contribution in [0, 0.1) is 10.1 Å². The fourth-order valence-electron chi connectivity index (χ4n) is 1.75. The van der Waals surface area contributed by atoms with Crippen LogP contribution in [0.25, 0.3) is 15.6 Å². The number of nitro groups is 1. The van der Waals surface area contributed by atoms with Gasteiger partial charge in [0.25, 0.3) is 5.69 Å². The molecule has 1 aromatic carbocycles. The molecule has 2 N–H and O–H groups in total. The number of aromatic nitrogens is 2. The smallest absolute Gasteiger partial charge is 0.269 e. The van der Waals surface area contributed by atoms with Crippen LogP contribution < -0.4 is 10.6 Å². The minimum atomic E-state index is -0.444. The van der Waals surface area contributed by atoms with Gasteiger partial charge in [-0.05, 0) is 23.6 Å². The van der Waals surface area contributed by atoms with Crippen LogP contribution in [0.3, 0.4) is 0 Å². The third-order valence-electron chi connectivity index (χ3n) is 2.71. The van der Waals surface area contributed by atoms with Gasteiger partial charge in [-0.15, -0.1) is 11.3 Å². The van der Waals surface area contributed by atoms with Crippen molar-refractivity contribution in [2.45, 2.75) is 0 Å². The van der Waals surface area contributed by atoms with E-state index >= 15 is 0 Å². The Morgan fingerprint density at radius 2 is 2.05 bits per heavy atom. The van der Waals surface area contributed by atoms with E-state index in [1.54, 1.807) is 28.2 Å². The molecule has 3 rings (SSSR count). The van der Waals surface area contributed by atoms with Crippen molar-refractivity contribution in [1.82, 2.24) is 9.78 Å². The first-order chi connectivity index (χ1) is 10.2. The molecule has 0 aliphatic heterocycles. The van der Waals surface area contributed by atoms with Crippen molar-refractivity contribution >= 4 is 28.4 Å². The molecule has 0 aliphatic carbocycles. The number of nitro benzene ring substituents is 1. The average Bonchev–Trinajstić information content (AvgIpc) is 3.16. The fraction of sp³-hybridized carbons (Fsp3) is 0. The maximum atomic E-state index is 10.7. The summed E-state index contributed by atoms with van der Waals surface area (Å²) in [7, 11) is 0. The van der Waals surface area contributed by atoms with Crippen LogP contribution in [0.2, 0.25) is 0 Å². The summed E-state index contributed by atoms with van der Waals surface area (Å²) in [6.45, 7) is 0. The predicted molar refractivity (Wildman–Crippen MR) is 81.2 cm³/mol. The maximum Gasteiger partial charge on any atom is 0.269 e. The molecule has 21 heavy (non-hydrogen) atoms. The second-order valence-electron chi connectivity index (χ2n) is 3.98. The van der Waals surface area contributed by atoms with Crippen molar-refractivity contribution in [3.63, 3.8) is 0 Å². The van der Waals surface area contributed by atoms with E-state index in [0.717, 1.165) is 9.88 Å². The van der Waals surface area contributed by atoms with Crippen LogP contribution in [-0.2, 0) is 0 Å². The molecule has 0 amide bonds. The fourth-order valence-corrected chi connectivity index (χ4v) is 3.37. The van der Waals surface area contributed by atoms with Gasteiger partial charge in [0.1, 0.15) is 0 Å². The minimum Gasteiger partial charge on any atom is -0.320 e. The largest absolute Gasteiger partial charge is 0.320 e. The van der Waals surface area contributed by atoms with Gasteiger partial charge in [-0.1, -0.05) is 17.4 Å². The van der Waals surface area contributed by atoms with Crippen LogP contribution in [0.4, 0.5) is 5.69 Å². The number of nitrogens with two attached hydrogens (primary N) is 1. The van der Waals surface area contributed by atoms with Crippen molar-refractivity contribution < 1.29 is 4.92 Å². The zero-order valence-electron chi connectivity index (χ0n) is 10.5. The van der Waals surface area contributed by atoms with E-state index in [4.69, 9.17) is 5.84 Å². The quantitative estimate of drug-likeness (QED) is 0.455. The third kappa shape index (κ3) is 2.56. The topological polar surface area (TPSA) is 99.3 Å². The van der Waals surface area contributed by atoms with Gasteiger partial charge in [-0.2, -0.15) is 10.2 Å². The monoisotopic (exact) mass is 319 g/mol. The van der Waals surface area contributed by atoms with Gasteiger partial charge in [-0.3, -0.25) is 10.1 Å². The highest BCUT2D eigenvalue weighted by Gasteiger charge is 2.11. The van der Waals surface area contributed by atoms with E-state index in [9.17, 15) is 10.1 Å². The van der Waals surface area contributed by atoms with Gasteiger partial charge in [0.15, 0.2) is 5.01 Å². The molecule has 0 radical (unpaired) electrons. The molecule has 9 heteroatoms. The molecule has 106 valence electrons. The van der Waals surface area contributed by atoms with E-state index < -0.39 is 4.92 Å². The first-order valence-electron chi connectivity index (χ1n) is 5.82. The first-order valence-corrected chi connectivity index (χ1v) is 7.51. The lowest BCUT2D eigenvalue weighted by Gasteiger charge is -1.99. The van der Waals surface area contributed by atoms with E-state index in [0.29, 0.717) is 10.5 Å². The summed E-state index contributed by atoms with van der Waals surface area (Å²) in [6.07, 6.45) is 0. The van der Waals surface area contributed by atoms with Gasteiger partial charge < -0.3 is 5.84 Å². The highest BCUT2D eigenvalue weighted by Crippen LogP contribution is 2.25. The Hall–Kier alpha value is -2.52. The molecular weight excluding hydrogens is 310 g/mol. The molecular formula is C12H9N5O2S2.